The van der Waals surface area contributed by atoms with E-state index in [1.165, 1.54) is 17.4 Å². The average Bonchev–Trinajstić information content (AvgIpc) is 2.57. The van der Waals surface area contributed by atoms with E-state index in [1.54, 1.807) is 13.0 Å². The molecule has 1 aromatic carbocycles. The van der Waals surface area contributed by atoms with Crippen LogP contribution in [0.3, 0.4) is 0 Å². The van der Waals surface area contributed by atoms with Crippen LogP contribution >= 0.6 is 27.3 Å². The topological polar surface area (TPSA) is 12.9 Å². The lowest BCUT2D eigenvalue weighted by atomic mass is 10.1. The minimum absolute atomic E-state index is 0.188. The molecule has 0 saturated carbocycles. The Morgan fingerprint density at radius 3 is 2.79 bits per heavy atom. The van der Waals surface area contributed by atoms with Crippen molar-refractivity contribution >= 4 is 27.3 Å². The van der Waals surface area contributed by atoms with Gasteiger partial charge in [-0.2, -0.15) is 0 Å². The number of hydrogen-bond donors (Lipinski definition) is 0. The van der Waals surface area contributed by atoms with Crippen molar-refractivity contribution in [1.29, 1.82) is 0 Å². The number of aromatic nitrogens is 1. The molecule has 4 heteroatoms. The van der Waals surface area contributed by atoms with Crippen molar-refractivity contribution in [2.45, 2.75) is 6.92 Å². The third kappa shape index (κ3) is 1.86. The highest BCUT2D eigenvalue weighted by molar-refractivity contribution is 9.11. The van der Waals surface area contributed by atoms with Crippen LogP contribution in [0.25, 0.3) is 11.3 Å². The fourth-order valence-electron chi connectivity index (χ4n) is 1.14. The second-order valence-electron chi connectivity index (χ2n) is 2.95. The van der Waals surface area contributed by atoms with Crippen molar-refractivity contribution in [3.63, 3.8) is 0 Å². The number of thiazole rings is 1. The minimum atomic E-state index is -0.188. The van der Waals surface area contributed by atoms with Gasteiger partial charge >= 0.3 is 0 Å². The first-order chi connectivity index (χ1) is 6.66. The zero-order valence-corrected chi connectivity index (χ0v) is 9.82. The molecule has 0 aliphatic carbocycles. The zero-order chi connectivity index (χ0) is 10.1. The SMILES string of the molecule is Cc1ccc(-c2csc(Br)n2)cc1F. The molecule has 72 valence electrons. The molecule has 0 fully saturated rings. The molecule has 0 aliphatic heterocycles. The second kappa shape index (κ2) is 3.79. The highest BCUT2D eigenvalue weighted by Gasteiger charge is 2.05. The van der Waals surface area contributed by atoms with Crippen LogP contribution in [0.1, 0.15) is 5.56 Å². The van der Waals surface area contributed by atoms with Crippen molar-refractivity contribution in [1.82, 2.24) is 4.98 Å². The molecule has 2 rings (SSSR count). The number of aryl methyl sites for hydroxylation is 1. The van der Waals surface area contributed by atoms with E-state index in [0.717, 1.165) is 15.2 Å². The summed E-state index contributed by atoms with van der Waals surface area (Å²) >= 11 is 4.77. The Morgan fingerprint density at radius 2 is 2.21 bits per heavy atom. The largest absolute Gasteiger partial charge is 0.229 e. The zero-order valence-electron chi connectivity index (χ0n) is 7.42. The summed E-state index contributed by atoms with van der Waals surface area (Å²) in [4.78, 5) is 4.22. The first-order valence-corrected chi connectivity index (χ1v) is 5.71. The van der Waals surface area contributed by atoms with Crippen LogP contribution in [0, 0.1) is 12.7 Å². The van der Waals surface area contributed by atoms with E-state index in [-0.39, 0.29) is 5.82 Å². The van der Waals surface area contributed by atoms with E-state index in [0.29, 0.717) is 5.56 Å². The second-order valence-corrected chi connectivity index (χ2v) is 5.08. The Hall–Kier alpha value is -0.740. The maximum atomic E-state index is 13.2. The van der Waals surface area contributed by atoms with Crippen LogP contribution in [-0.4, -0.2) is 4.98 Å². The lowest BCUT2D eigenvalue weighted by Crippen LogP contribution is -1.84. The van der Waals surface area contributed by atoms with E-state index < -0.39 is 0 Å². The summed E-state index contributed by atoms with van der Waals surface area (Å²) in [5.74, 6) is -0.188. The summed E-state index contributed by atoms with van der Waals surface area (Å²) < 4.78 is 14.0. The van der Waals surface area contributed by atoms with Gasteiger partial charge in [-0.05, 0) is 34.5 Å². The molecule has 1 heterocycles. The van der Waals surface area contributed by atoms with E-state index >= 15 is 0 Å². The molecule has 1 nitrogen and oxygen atoms in total. The number of nitrogens with zero attached hydrogens (tertiary/aromatic N) is 1. The molecule has 0 aliphatic rings. The van der Waals surface area contributed by atoms with E-state index in [9.17, 15) is 4.39 Å². The predicted molar refractivity (Wildman–Crippen MR) is 59.9 cm³/mol. The summed E-state index contributed by atoms with van der Waals surface area (Å²) in [5, 5.41) is 1.90. The van der Waals surface area contributed by atoms with Crippen LogP contribution in [0.5, 0.6) is 0 Å². The van der Waals surface area contributed by atoms with Gasteiger partial charge in [0.2, 0.25) is 0 Å². The first kappa shape index (κ1) is 9.80. The van der Waals surface area contributed by atoms with Gasteiger partial charge in [-0.1, -0.05) is 12.1 Å². The Labute approximate surface area is 93.7 Å². The van der Waals surface area contributed by atoms with Crippen LogP contribution in [0.4, 0.5) is 4.39 Å². The van der Waals surface area contributed by atoms with Crippen molar-refractivity contribution < 1.29 is 4.39 Å². The molecular weight excluding hydrogens is 265 g/mol. The maximum Gasteiger partial charge on any atom is 0.159 e. The smallest absolute Gasteiger partial charge is 0.159 e. The summed E-state index contributed by atoms with van der Waals surface area (Å²) in [6, 6.07) is 5.15. The van der Waals surface area contributed by atoms with Gasteiger partial charge in [-0.25, -0.2) is 9.37 Å². The monoisotopic (exact) mass is 271 g/mol. The van der Waals surface area contributed by atoms with Gasteiger partial charge in [0.1, 0.15) is 5.82 Å². The fraction of sp³-hybridized carbons (Fsp3) is 0.100. The van der Waals surface area contributed by atoms with Crippen LogP contribution in [-0.2, 0) is 0 Å². The standard InChI is InChI=1S/C10H7BrFNS/c1-6-2-3-7(4-8(6)12)9-5-14-10(11)13-9/h2-5H,1H3. The van der Waals surface area contributed by atoms with Gasteiger partial charge in [0.15, 0.2) is 3.92 Å². The molecule has 0 bridgehead atoms. The van der Waals surface area contributed by atoms with Crippen molar-refractivity contribution in [2.24, 2.45) is 0 Å². The molecule has 0 saturated heterocycles. The molecule has 0 spiro atoms. The third-order valence-electron chi connectivity index (χ3n) is 1.94. The van der Waals surface area contributed by atoms with Gasteiger partial charge in [0.05, 0.1) is 5.69 Å². The Morgan fingerprint density at radius 1 is 1.43 bits per heavy atom. The van der Waals surface area contributed by atoms with Gasteiger partial charge in [0.25, 0.3) is 0 Å². The first-order valence-electron chi connectivity index (χ1n) is 4.04. The highest BCUT2D eigenvalue weighted by Crippen LogP contribution is 2.25. The van der Waals surface area contributed by atoms with E-state index in [1.807, 2.05) is 11.4 Å². The minimum Gasteiger partial charge on any atom is -0.229 e. The normalized spacial score (nSPS) is 10.5. The summed E-state index contributed by atoms with van der Waals surface area (Å²) in [6.45, 7) is 1.75. The van der Waals surface area contributed by atoms with Gasteiger partial charge in [-0.3, -0.25) is 0 Å². The molecule has 0 unspecified atom stereocenters. The Bertz CT molecular complexity index is 467. The lowest BCUT2D eigenvalue weighted by molar-refractivity contribution is 0.619. The van der Waals surface area contributed by atoms with E-state index in [4.69, 9.17) is 0 Å². The summed E-state index contributed by atoms with van der Waals surface area (Å²) in [5.41, 5.74) is 2.28. The number of rotatable bonds is 1. The fourth-order valence-corrected chi connectivity index (χ4v) is 2.16. The molecule has 0 amide bonds. The molecule has 0 atom stereocenters. The quantitative estimate of drug-likeness (QED) is 0.764. The molecule has 0 N–H and O–H groups in total. The highest BCUT2D eigenvalue weighted by atomic mass is 79.9. The molecule has 0 radical (unpaired) electrons. The van der Waals surface area contributed by atoms with Gasteiger partial charge < -0.3 is 0 Å². The van der Waals surface area contributed by atoms with Crippen LogP contribution in [0.2, 0.25) is 0 Å². The van der Waals surface area contributed by atoms with Crippen molar-refractivity contribution in [2.75, 3.05) is 0 Å². The Balaban J connectivity index is 2.47. The van der Waals surface area contributed by atoms with Gasteiger partial charge in [-0.15, -0.1) is 11.3 Å². The van der Waals surface area contributed by atoms with Crippen molar-refractivity contribution in [3.8, 4) is 11.3 Å². The average molecular weight is 272 g/mol. The van der Waals surface area contributed by atoms with Crippen LogP contribution < -0.4 is 0 Å². The molecule has 2 aromatic rings. The molecule has 14 heavy (non-hydrogen) atoms. The summed E-state index contributed by atoms with van der Waals surface area (Å²) in [7, 11) is 0. The Kier molecular flexibility index (Phi) is 2.65. The van der Waals surface area contributed by atoms with Crippen LogP contribution in [0.15, 0.2) is 27.5 Å². The van der Waals surface area contributed by atoms with Gasteiger partial charge in [0, 0.05) is 10.9 Å². The number of benzene rings is 1. The third-order valence-corrected chi connectivity index (χ3v) is 3.31. The summed E-state index contributed by atoms with van der Waals surface area (Å²) in [6.07, 6.45) is 0. The van der Waals surface area contributed by atoms with Crippen molar-refractivity contribution in [3.05, 3.63) is 38.9 Å². The number of hydrogen-bond acceptors (Lipinski definition) is 2. The molecular formula is C10H7BrFNS. The number of halogens is 2. The maximum absolute atomic E-state index is 13.2. The van der Waals surface area contributed by atoms with E-state index in [2.05, 4.69) is 20.9 Å². The predicted octanol–water partition coefficient (Wildman–Crippen LogP) is 4.02. The molecule has 1 aromatic heterocycles. The lowest BCUT2D eigenvalue weighted by Gasteiger charge is -1.99.